The summed E-state index contributed by atoms with van der Waals surface area (Å²) in [6.07, 6.45) is 1.74. The van der Waals surface area contributed by atoms with Crippen LogP contribution in [0.3, 0.4) is 0 Å². The van der Waals surface area contributed by atoms with Gasteiger partial charge in [-0.3, -0.25) is 19.3 Å². The summed E-state index contributed by atoms with van der Waals surface area (Å²) in [5.41, 5.74) is 0. The Hall–Kier alpha value is -1.19. The van der Waals surface area contributed by atoms with Crippen LogP contribution in [0.2, 0.25) is 0 Å². The fourth-order valence-electron chi connectivity index (χ4n) is 1.21. The van der Waals surface area contributed by atoms with Crippen molar-refractivity contribution in [3.8, 4) is 0 Å². The highest BCUT2D eigenvalue weighted by Crippen LogP contribution is 2.15. The van der Waals surface area contributed by atoms with E-state index in [0.717, 1.165) is 4.90 Å². The van der Waals surface area contributed by atoms with Gasteiger partial charge in [-0.15, -0.1) is 0 Å². The van der Waals surface area contributed by atoms with Crippen molar-refractivity contribution in [1.82, 2.24) is 4.90 Å². The molecule has 0 aromatic carbocycles. The van der Waals surface area contributed by atoms with Gasteiger partial charge in [0.25, 0.3) is 0 Å². The second-order valence-corrected chi connectivity index (χ2v) is 3.65. The summed E-state index contributed by atoms with van der Waals surface area (Å²) in [6.45, 7) is 7.20. The highest BCUT2D eigenvalue weighted by atomic mass is 16.2. The van der Waals surface area contributed by atoms with Crippen LogP contribution in [0.15, 0.2) is 0 Å². The number of ketones is 1. The standard InChI is InChI=1S/C8H11NO3.C3H8/c1-5(6(2)10)9-7(11)3-4-8(9)12;1-3-2/h5H,3-4H2,1-2H3;3H2,1-2H3/t5-;/m0./s1. The minimum atomic E-state index is -0.590. The van der Waals surface area contributed by atoms with E-state index in [2.05, 4.69) is 13.8 Å². The maximum atomic E-state index is 11.1. The molecule has 15 heavy (non-hydrogen) atoms. The van der Waals surface area contributed by atoms with Crippen LogP contribution in [-0.2, 0) is 14.4 Å². The van der Waals surface area contributed by atoms with E-state index in [1.54, 1.807) is 6.92 Å². The van der Waals surface area contributed by atoms with E-state index in [1.165, 1.54) is 13.3 Å². The first-order valence-corrected chi connectivity index (χ1v) is 5.31. The van der Waals surface area contributed by atoms with Crippen molar-refractivity contribution in [2.24, 2.45) is 0 Å². The van der Waals surface area contributed by atoms with Crippen LogP contribution in [-0.4, -0.2) is 28.5 Å². The van der Waals surface area contributed by atoms with Gasteiger partial charge in [0.2, 0.25) is 11.8 Å². The molecule has 1 heterocycles. The Kier molecular flexibility index (Phi) is 5.82. The SMILES string of the molecule is CC(=O)[C@H](C)N1C(=O)CCC1=O.CCC. The molecule has 1 rings (SSSR count). The third kappa shape index (κ3) is 3.81. The predicted molar refractivity (Wildman–Crippen MR) is 57.2 cm³/mol. The predicted octanol–water partition coefficient (Wildman–Crippen LogP) is 1.53. The molecule has 0 radical (unpaired) electrons. The highest BCUT2D eigenvalue weighted by Gasteiger charge is 2.34. The van der Waals surface area contributed by atoms with Gasteiger partial charge >= 0.3 is 0 Å². The fourth-order valence-corrected chi connectivity index (χ4v) is 1.21. The molecule has 0 aromatic heterocycles. The van der Waals surface area contributed by atoms with Gasteiger partial charge in [-0.05, 0) is 13.8 Å². The third-order valence-corrected chi connectivity index (χ3v) is 2.07. The van der Waals surface area contributed by atoms with Crippen LogP contribution >= 0.6 is 0 Å². The molecule has 1 atom stereocenters. The van der Waals surface area contributed by atoms with Gasteiger partial charge in [0.15, 0.2) is 5.78 Å². The molecule has 0 aliphatic carbocycles. The molecule has 0 aromatic rings. The second kappa shape index (κ2) is 6.32. The van der Waals surface area contributed by atoms with Crippen molar-refractivity contribution in [3.63, 3.8) is 0 Å². The van der Waals surface area contributed by atoms with Crippen LogP contribution in [0.5, 0.6) is 0 Å². The Morgan fingerprint density at radius 2 is 1.60 bits per heavy atom. The van der Waals surface area contributed by atoms with Crippen LogP contribution in [0.4, 0.5) is 0 Å². The number of likely N-dealkylation sites (tertiary alicyclic amines) is 1. The van der Waals surface area contributed by atoms with Crippen molar-refractivity contribution in [2.45, 2.75) is 53.0 Å². The molecular formula is C11H19NO3. The Labute approximate surface area is 90.6 Å². The zero-order valence-corrected chi connectivity index (χ0v) is 9.87. The lowest BCUT2D eigenvalue weighted by atomic mass is 10.2. The molecule has 86 valence electrons. The van der Waals surface area contributed by atoms with Crippen molar-refractivity contribution < 1.29 is 14.4 Å². The second-order valence-electron chi connectivity index (χ2n) is 3.65. The summed E-state index contributed by atoms with van der Waals surface area (Å²) < 4.78 is 0. The summed E-state index contributed by atoms with van der Waals surface area (Å²) in [7, 11) is 0. The molecule has 4 heteroatoms. The third-order valence-electron chi connectivity index (χ3n) is 2.07. The average molecular weight is 213 g/mol. The minimum Gasteiger partial charge on any atom is -0.298 e. The first-order chi connectivity index (χ1) is 6.95. The van der Waals surface area contributed by atoms with Crippen molar-refractivity contribution in [2.75, 3.05) is 0 Å². The van der Waals surface area contributed by atoms with Gasteiger partial charge in [0, 0.05) is 12.8 Å². The monoisotopic (exact) mass is 213 g/mol. The Morgan fingerprint density at radius 3 is 1.87 bits per heavy atom. The number of hydrogen-bond donors (Lipinski definition) is 0. The lowest BCUT2D eigenvalue weighted by Crippen LogP contribution is -2.41. The van der Waals surface area contributed by atoms with E-state index in [4.69, 9.17) is 0 Å². The Bertz CT molecular complexity index is 245. The largest absolute Gasteiger partial charge is 0.298 e. The zero-order chi connectivity index (χ0) is 12.0. The summed E-state index contributed by atoms with van der Waals surface area (Å²) in [5, 5.41) is 0. The highest BCUT2D eigenvalue weighted by molar-refractivity contribution is 6.05. The van der Waals surface area contributed by atoms with E-state index in [-0.39, 0.29) is 30.4 Å². The quantitative estimate of drug-likeness (QED) is 0.654. The normalized spacial score (nSPS) is 17.2. The molecule has 1 saturated heterocycles. The summed E-state index contributed by atoms with van der Waals surface area (Å²) in [5.74, 6) is -0.621. The topological polar surface area (TPSA) is 54.5 Å². The molecule has 1 aliphatic rings. The molecule has 2 amide bonds. The lowest BCUT2D eigenvalue weighted by molar-refractivity contribution is -0.144. The summed E-state index contributed by atoms with van der Waals surface area (Å²) in [4.78, 5) is 34.1. The van der Waals surface area contributed by atoms with Gasteiger partial charge in [-0.25, -0.2) is 0 Å². The smallest absolute Gasteiger partial charge is 0.230 e. The van der Waals surface area contributed by atoms with Crippen molar-refractivity contribution in [3.05, 3.63) is 0 Å². The Morgan fingerprint density at radius 1 is 1.27 bits per heavy atom. The number of carbonyl (C=O) groups excluding carboxylic acids is 3. The maximum absolute atomic E-state index is 11.1. The van der Waals surface area contributed by atoms with Crippen LogP contribution in [0.25, 0.3) is 0 Å². The van der Waals surface area contributed by atoms with Crippen LogP contribution in [0, 0.1) is 0 Å². The zero-order valence-electron chi connectivity index (χ0n) is 9.87. The van der Waals surface area contributed by atoms with Gasteiger partial charge in [0.05, 0.1) is 6.04 Å². The van der Waals surface area contributed by atoms with E-state index in [9.17, 15) is 14.4 Å². The molecule has 0 spiro atoms. The number of Topliss-reactive ketones (excluding diaryl/α,β-unsaturated/α-hetero) is 1. The number of carbonyl (C=O) groups is 3. The van der Waals surface area contributed by atoms with E-state index < -0.39 is 6.04 Å². The van der Waals surface area contributed by atoms with Crippen LogP contribution in [0.1, 0.15) is 47.0 Å². The molecule has 1 aliphatic heterocycles. The van der Waals surface area contributed by atoms with Gasteiger partial charge in [-0.2, -0.15) is 0 Å². The van der Waals surface area contributed by atoms with E-state index in [1.807, 2.05) is 0 Å². The van der Waals surface area contributed by atoms with Crippen molar-refractivity contribution >= 4 is 17.6 Å². The molecule has 4 nitrogen and oxygen atoms in total. The number of imide groups is 1. The van der Waals surface area contributed by atoms with Crippen LogP contribution < -0.4 is 0 Å². The number of amides is 2. The van der Waals surface area contributed by atoms with Gasteiger partial charge in [-0.1, -0.05) is 20.3 Å². The van der Waals surface area contributed by atoms with Crippen molar-refractivity contribution in [1.29, 1.82) is 0 Å². The molecule has 1 fully saturated rings. The summed E-state index contributed by atoms with van der Waals surface area (Å²) in [6, 6.07) is -0.590. The Balaban J connectivity index is 0.000000583. The molecule has 0 N–H and O–H groups in total. The first-order valence-electron chi connectivity index (χ1n) is 5.31. The lowest BCUT2D eigenvalue weighted by Gasteiger charge is -2.19. The number of rotatable bonds is 2. The molecule has 0 unspecified atom stereocenters. The first kappa shape index (κ1) is 13.8. The molecule has 0 bridgehead atoms. The molecular weight excluding hydrogens is 194 g/mol. The summed E-state index contributed by atoms with van der Waals surface area (Å²) >= 11 is 0. The maximum Gasteiger partial charge on any atom is 0.230 e. The minimum absolute atomic E-state index is 0.154. The van der Waals surface area contributed by atoms with Gasteiger partial charge in [0.1, 0.15) is 0 Å². The average Bonchev–Trinajstić information content (AvgIpc) is 2.46. The van der Waals surface area contributed by atoms with E-state index >= 15 is 0 Å². The molecule has 0 saturated carbocycles. The number of hydrogen-bond acceptors (Lipinski definition) is 3. The van der Waals surface area contributed by atoms with Gasteiger partial charge < -0.3 is 0 Å². The fraction of sp³-hybridized carbons (Fsp3) is 0.727. The number of nitrogens with zero attached hydrogens (tertiary/aromatic N) is 1. The van der Waals surface area contributed by atoms with E-state index in [0.29, 0.717) is 0 Å².